The van der Waals surface area contributed by atoms with Crippen molar-refractivity contribution in [2.75, 3.05) is 6.61 Å². The van der Waals surface area contributed by atoms with E-state index in [-0.39, 0.29) is 5.57 Å². The topological polar surface area (TPSA) is 84.5 Å². The molecule has 0 radical (unpaired) electrons. The number of ether oxygens (including phenoxy) is 1. The second-order valence-electron chi connectivity index (χ2n) is 3.92. The van der Waals surface area contributed by atoms with Gasteiger partial charge in [0.1, 0.15) is 11.3 Å². The Labute approximate surface area is 123 Å². The number of carbonyl (C=O) groups excluding carboxylic acids is 3. The van der Waals surface area contributed by atoms with E-state index < -0.39 is 17.8 Å². The van der Waals surface area contributed by atoms with E-state index in [9.17, 15) is 14.4 Å². The van der Waals surface area contributed by atoms with Crippen LogP contribution in [0.4, 0.5) is 4.79 Å². The molecule has 1 aliphatic rings. The van der Waals surface area contributed by atoms with Crippen molar-refractivity contribution < 1.29 is 19.1 Å². The predicted molar refractivity (Wildman–Crippen MR) is 75.0 cm³/mol. The number of benzene rings is 1. The molecule has 1 heterocycles. The van der Waals surface area contributed by atoms with E-state index in [4.69, 9.17) is 4.74 Å². The van der Waals surface area contributed by atoms with Gasteiger partial charge in [0.05, 0.1) is 11.1 Å². The molecule has 1 aliphatic heterocycles. The summed E-state index contributed by atoms with van der Waals surface area (Å²) < 4.78 is 6.08. The Morgan fingerprint density at radius 1 is 1.20 bits per heavy atom. The lowest BCUT2D eigenvalue weighted by atomic mass is 10.1. The smallest absolute Gasteiger partial charge is 0.328 e. The van der Waals surface area contributed by atoms with Crippen LogP contribution in [-0.2, 0) is 9.59 Å². The molecule has 1 aromatic carbocycles. The molecule has 0 bridgehead atoms. The molecule has 1 fully saturated rings. The molecule has 4 amide bonds. The number of hydrogen-bond acceptors (Lipinski definition) is 4. The normalized spacial score (nSPS) is 14.7. The van der Waals surface area contributed by atoms with Gasteiger partial charge < -0.3 is 4.74 Å². The summed E-state index contributed by atoms with van der Waals surface area (Å²) in [6.07, 6.45) is 1.40. The highest BCUT2D eigenvalue weighted by atomic mass is 79.9. The van der Waals surface area contributed by atoms with Gasteiger partial charge in [-0.3, -0.25) is 20.2 Å². The molecule has 104 valence electrons. The minimum Gasteiger partial charge on any atom is -0.493 e. The first kappa shape index (κ1) is 14.3. The molecule has 7 heteroatoms. The summed E-state index contributed by atoms with van der Waals surface area (Å²) in [6, 6.07) is 4.34. The van der Waals surface area contributed by atoms with Crippen LogP contribution in [0.25, 0.3) is 6.08 Å². The van der Waals surface area contributed by atoms with Crippen LogP contribution in [0, 0.1) is 0 Å². The molecule has 0 unspecified atom stereocenters. The molecule has 0 aromatic heterocycles. The van der Waals surface area contributed by atoms with E-state index in [1.54, 1.807) is 18.2 Å². The van der Waals surface area contributed by atoms with Crippen LogP contribution in [0.1, 0.15) is 12.5 Å². The van der Waals surface area contributed by atoms with Crippen molar-refractivity contribution in [3.63, 3.8) is 0 Å². The Kier molecular flexibility index (Phi) is 4.19. The fourth-order valence-corrected chi connectivity index (χ4v) is 2.16. The average Bonchev–Trinajstić information content (AvgIpc) is 2.37. The molecule has 0 aliphatic carbocycles. The van der Waals surface area contributed by atoms with Gasteiger partial charge in [-0.2, -0.15) is 0 Å². The first-order valence-electron chi connectivity index (χ1n) is 5.82. The van der Waals surface area contributed by atoms with Gasteiger partial charge in [-0.25, -0.2) is 4.79 Å². The SMILES string of the molecule is CCOc1ccc(C=C2C(=O)NC(=O)NC2=O)cc1Br. The van der Waals surface area contributed by atoms with Gasteiger partial charge in [0.15, 0.2) is 0 Å². The van der Waals surface area contributed by atoms with Crippen LogP contribution in [0.5, 0.6) is 5.75 Å². The highest BCUT2D eigenvalue weighted by Gasteiger charge is 2.27. The highest BCUT2D eigenvalue weighted by molar-refractivity contribution is 9.10. The summed E-state index contributed by atoms with van der Waals surface area (Å²) in [5.74, 6) is -0.769. The van der Waals surface area contributed by atoms with Crippen molar-refractivity contribution in [2.24, 2.45) is 0 Å². The van der Waals surface area contributed by atoms with Crippen molar-refractivity contribution >= 4 is 39.9 Å². The number of hydrogen-bond donors (Lipinski definition) is 2. The summed E-state index contributed by atoms with van der Waals surface area (Å²) in [7, 11) is 0. The lowest BCUT2D eigenvalue weighted by Gasteiger charge is -2.14. The summed E-state index contributed by atoms with van der Waals surface area (Å²) >= 11 is 3.34. The van der Waals surface area contributed by atoms with Gasteiger partial charge in [-0.05, 0) is 46.6 Å². The van der Waals surface area contributed by atoms with Crippen LogP contribution >= 0.6 is 15.9 Å². The van der Waals surface area contributed by atoms with Crippen LogP contribution in [-0.4, -0.2) is 24.5 Å². The van der Waals surface area contributed by atoms with Crippen molar-refractivity contribution in [1.82, 2.24) is 10.6 Å². The van der Waals surface area contributed by atoms with Crippen LogP contribution < -0.4 is 15.4 Å². The highest BCUT2D eigenvalue weighted by Crippen LogP contribution is 2.27. The maximum absolute atomic E-state index is 11.6. The Balaban J connectivity index is 2.30. The lowest BCUT2D eigenvalue weighted by molar-refractivity contribution is -0.123. The van der Waals surface area contributed by atoms with E-state index in [0.717, 1.165) is 0 Å². The van der Waals surface area contributed by atoms with Gasteiger partial charge in [0.2, 0.25) is 0 Å². The molecule has 20 heavy (non-hydrogen) atoms. The molecule has 1 saturated heterocycles. The number of imide groups is 2. The van der Waals surface area contributed by atoms with E-state index in [2.05, 4.69) is 15.9 Å². The lowest BCUT2D eigenvalue weighted by Crippen LogP contribution is -2.51. The third kappa shape index (κ3) is 3.05. The Bertz CT molecular complexity index is 603. The summed E-state index contributed by atoms with van der Waals surface area (Å²) in [5, 5.41) is 4.02. The van der Waals surface area contributed by atoms with Crippen molar-refractivity contribution in [2.45, 2.75) is 6.92 Å². The molecule has 0 spiro atoms. The number of nitrogens with one attached hydrogen (secondary N) is 2. The van der Waals surface area contributed by atoms with Crippen molar-refractivity contribution in [3.05, 3.63) is 33.8 Å². The van der Waals surface area contributed by atoms with E-state index in [0.29, 0.717) is 22.4 Å². The zero-order chi connectivity index (χ0) is 14.7. The molecule has 6 nitrogen and oxygen atoms in total. The molecular weight excluding hydrogens is 328 g/mol. The molecule has 2 rings (SSSR count). The number of urea groups is 1. The fourth-order valence-electron chi connectivity index (χ4n) is 1.65. The van der Waals surface area contributed by atoms with E-state index in [1.165, 1.54) is 6.08 Å². The fraction of sp³-hybridized carbons (Fsp3) is 0.154. The molecular formula is C13H11BrN2O4. The monoisotopic (exact) mass is 338 g/mol. The number of barbiturate groups is 1. The minimum absolute atomic E-state index is 0.124. The minimum atomic E-state index is -0.815. The first-order valence-corrected chi connectivity index (χ1v) is 6.61. The van der Waals surface area contributed by atoms with Gasteiger partial charge in [0.25, 0.3) is 11.8 Å². The molecule has 1 aromatic rings. The largest absolute Gasteiger partial charge is 0.493 e. The second-order valence-corrected chi connectivity index (χ2v) is 4.77. The van der Waals surface area contributed by atoms with Gasteiger partial charge in [-0.1, -0.05) is 6.07 Å². The summed E-state index contributed by atoms with van der Waals surface area (Å²) in [5.41, 5.74) is 0.510. The molecule has 0 saturated carbocycles. The number of amides is 4. The first-order chi connectivity index (χ1) is 9.51. The van der Waals surface area contributed by atoms with Gasteiger partial charge in [-0.15, -0.1) is 0 Å². The number of rotatable bonds is 3. The molecule has 2 N–H and O–H groups in total. The van der Waals surface area contributed by atoms with E-state index >= 15 is 0 Å². The third-order valence-corrected chi connectivity index (χ3v) is 3.13. The molecule has 0 atom stereocenters. The average molecular weight is 339 g/mol. The summed E-state index contributed by atoms with van der Waals surface area (Å²) in [6.45, 7) is 2.40. The number of halogens is 1. The van der Waals surface area contributed by atoms with Crippen LogP contribution in [0.2, 0.25) is 0 Å². The van der Waals surface area contributed by atoms with Crippen molar-refractivity contribution in [1.29, 1.82) is 0 Å². The van der Waals surface area contributed by atoms with Crippen molar-refractivity contribution in [3.8, 4) is 5.75 Å². The van der Waals surface area contributed by atoms with Crippen LogP contribution in [0.3, 0.4) is 0 Å². The Morgan fingerprint density at radius 3 is 2.40 bits per heavy atom. The maximum atomic E-state index is 11.6. The Morgan fingerprint density at radius 2 is 1.85 bits per heavy atom. The van der Waals surface area contributed by atoms with E-state index in [1.807, 2.05) is 17.6 Å². The standard InChI is InChI=1S/C13H11BrN2O4/c1-2-20-10-4-3-7(6-9(10)14)5-8-11(17)15-13(19)16-12(8)18/h3-6H,2H2,1H3,(H2,15,16,17,18,19). The quantitative estimate of drug-likeness (QED) is 0.647. The number of carbonyl (C=O) groups is 3. The third-order valence-electron chi connectivity index (χ3n) is 2.51. The van der Waals surface area contributed by atoms with Crippen LogP contribution in [0.15, 0.2) is 28.2 Å². The zero-order valence-corrected chi connectivity index (χ0v) is 12.1. The van der Waals surface area contributed by atoms with Gasteiger partial charge >= 0.3 is 6.03 Å². The maximum Gasteiger partial charge on any atom is 0.328 e. The summed E-state index contributed by atoms with van der Waals surface area (Å²) in [4.78, 5) is 34.1. The van der Waals surface area contributed by atoms with Gasteiger partial charge in [0, 0.05) is 0 Å². The zero-order valence-electron chi connectivity index (χ0n) is 10.5. The second kappa shape index (κ2) is 5.87. The predicted octanol–water partition coefficient (Wildman–Crippen LogP) is 1.60. The Hall–Kier alpha value is -2.15.